The van der Waals surface area contributed by atoms with Crippen LogP contribution in [-0.4, -0.2) is 68.0 Å². The van der Waals surface area contributed by atoms with Crippen LogP contribution in [0.3, 0.4) is 0 Å². The lowest BCUT2D eigenvalue weighted by Crippen LogP contribution is -2.59. The number of furan rings is 1. The number of ketones is 1. The van der Waals surface area contributed by atoms with Gasteiger partial charge in [-0.3, -0.25) is 14.4 Å². The molecule has 1 aromatic heterocycles. The van der Waals surface area contributed by atoms with Crippen molar-refractivity contribution in [2.45, 2.75) is 36.8 Å². The standard InChI is InChI=1S/C22H24N2O7S/c25-17-12-31-18-8-4-10-24(20(17)18)22(27)16(23-21(26)19-9-5-11-30-19)14-32(28,29)13-15-6-2-1-3-7-15/h1-3,5-7,9,11,16,18,20H,4,8,10,12-14H2,(H,23,26). The van der Waals surface area contributed by atoms with Crippen LogP contribution >= 0.6 is 0 Å². The first kappa shape index (κ1) is 22.2. The lowest BCUT2D eigenvalue weighted by Gasteiger charge is -2.37. The summed E-state index contributed by atoms with van der Waals surface area (Å²) in [6.07, 6.45) is 2.18. The molecular formula is C22H24N2O7S. The minimum Gasteiger partial charge on any atom is -0.459 e. The van der Waals surface area contributed by atoms with E-state index in [0.717, 1.165) is 0 Å². The Hall–Kier alpha value is -2.98. The van der Waals surface area contributed by atoms with Crippen LogP contribution in [0.25, 0.3) is 0 Å². The SMILES string of the molecule is O=C(NC(CS(=O)(=O)Cc1ccccc1)C(=O)N1CCCC2OCC(=O)C21)c1ccco1. The van der Waals surface area contributed by atoms with Gasteiger partial charge in [0.1, 0.15) is 18.7 Å². The zero-order chi connectivity index (χ0) is 22.7. The molecule has 3 atom stereocenters. The molecule has 0 aliphatic carbocycles. The number of hydrogen-bond donors (Lipinski definition) is 1. The molecule has 170 valence electrons. The number of fused-ring (bicyclic) bond motifs is 1. The number of nitrogens with zero attached hydrogens (tertiary/aromatic N) is 1. The van der Waals surface area contributed by atoms with Gasteiger partial charge < -0.3 is 19.4 Å². The van der Waals surface area contributed by atoms with E-state index in [1.54, 1.807) is 30.3 Å². The van der Waals surface area contributed by atoms with E-state index in [1.165, 1.54) is 23.3 Å². The van der Waals surface area contributed by atoms with Crippen molar-refractivity contribution >= 4 is 27.4 Å². The van der Waals surface area contributed by atoms with Gasteiger partial charge in [0.15, 0.2) is 21.4 Å². The molecule has 32 heavy (non-hydrogen) atoms. The van der Waals surface area contributed by atoms with Crippen molar-refractivity contribution in [3.8, 4) is 0 Å². The zero-order valence-electron chi connectivity index (χ0n) is 17.3. The maximum Gasteiger partial charge on any atom is 0.287 e. The van der Waals surface area contributed by atoms with Crippen LogP contribution in [-0.2, 0) is 29.9 Å². The molecule has 1 aromatic carbocycles. The Kier molecular flexibility index (Phi) is 6.43. The van der Waals surface area contributed by atoms with Gasteiger partial charge in [-0.1, -0.05) is 30.3 Å². The van der Waals surface area contributed by atoms with E-state index >= 15 is 0 Å². The van der Waals surface area contributed by atoms with Crippen molar-refractivity contribution in [1.29, 1.82) is 0 Å². The molecule has 2 fully saturated rings. The van der Waals surface area contributed by atoms with E-state index in [4.69, 9.17) is 9.15 Å². The molecule has 2 aromatic rings. The number of sulfone groups is 1. The number of ether oxygens (including phenoxy) is 1. The third-order valence-electron chi connectivity index (χ3n) is 5.63. The number of hydrogen-bond acceptors (Lipinski definition) is 7. The van der Waals surface area contributed by atoms with Crippen molar-refractivity contribution in [2.75, 3.05) is 18.9 Å². The van der Waals surface area contributed by atoms with Crippen molar-refractivity contribution in [1.82, 2.24) is 10.2 Å². The molecule has 2 aliphatic rings. The Morgan fingerprint density at radius 3 is 2.66 bits per heavy atom. The highest BCUT2D eigenvalue weighted by Crippen LogP contribution is 2.27. The maximum absolute atomic E-state index is 13.4. The lowest BCUT2D eigenvalue weighted by atomic mass is 9.97. The van der Waals surface area contributed by atoms with Gasteiger partial charge in [-0.15, -0.1) is 0 Å². The van der Waals surface area contributed by atoms with E-state index in [0.29, 0.717) is 24.9 Å². The first-order valence-corrected chi connectivity index (χ1v) is 12.2. The summed E-state index contributed by atoms with van der Waals surface area (Å²) in [6, 6.07) is 9.41. The average Bonchev–Trinajstić information content (AvgIpc) is 3.43. The van der Waals surface area contributed by atoms with Gasteiger partial charge >= 0.3 is 0 Å². The normalized spacial score (nSPS) is 21.8. The van der Waals surface area contributed by atoms with Gasteiger partial charge in [0.05, 0.1) is 23.9 Å². The van der Waals surface area contributed by atoms with E-state index in [-0.39, 0.29) is 23.9 Å². The second-order valence-corrected chi connectivity index (χ2v) is 10.1. The summed E-state index contributed by atoms with van der Waals surface area (Å²) in [5, 5.41) is 2.50. The summed E-state index contributed by atoms with van der Waals surface area (Å²) < 4.78 is 36.4. The highest BCUT2D eigenvalue weighted by atomic mass is 32.2. The number of amides is 2. The second kappa shape index (κ2) is 9.25. The van der Waals surface area contributed by atoms with Gasteiger partial charge in [0.25, 0.3) is 5.91 Å². The minimum atomic E-state index is -3.78. The van der Waals surface area contributed by atoms with E-state index in [1.807, 2.05) is 0 Å². The Morgan fingerprint density at radius 1 is 1.16 bits per heavy atom. The molecular weight excluding hydrogens is 436 g/mol. The van der Waals surface area contributed by atoms with E-state index < -0.39 is 45.6 Å². The zero-order valence-corrected chi connectivity index (χ0v) is 18.1. The molecule has 1 N–H and O–H groups in total. The van der Waals surface area contributed by atoms with Crippen LogP contribution in [0.4, 0.5) is 0 Å². The summed E-state index contributed by atoms with van der Waals surface area (Å²) >= 11 is 0. The quantitative estimate of drug-likeness (QED) is 0.653. The molecule has 10 heteroatoms. The predicted octanol–water partition coefficient (Wildman–Crippen LogP) is 0.952. The van der Waals surface area contributed by atoms with Gasteiger partial charge in [0, 0.05) is 6.54 Å². The average molecular weight is 461 g/mol. The summed E-state index contributed by atoms with van der Waals surface area (Å²) in [7, 11) is -3.78. The third kappa shape index (κ3) is 4.91. The number of rotatable bonds is 7. The number of Topliss-reactive ketones (excluding diaryl/α,β-unsaturated/α-hetero) is 1. The van der Waals surface area contributed by atoms with Crippen LogP contribution in [0.2, 0.25) is 0 Å². The number of likely N-dealkylation sites (tertiary alicyclic amines) is 1. The molecule has 3 heterocycles. The molecule has 0 bridgehead atoms. The highest BCUT2D eigenvalue weighted by Gasteiger charge is 2.46. The second-order valence-electron chi connectivity index (χ2n) is 7.98. The molecule has 2 aliphatic heterocycles. The molecule has 2 saturated heterocycles. The van der Waals surface area contributed by atoms with Gasteiger partial charge in [-0.05, 0) is 30.5 Å². The molecule has 4 rings (SSSR count). The van der Waals surface area contributed by atoms with Gasteiger partial charge in [-0.2, -0.15) is 0 Å². The van der Waals surface area contributed by atoms with E-state index in [9.17, 15) is 22.8 Å². The molecule has 0 spiro atoms. The smallest absolute Gasteiger partial charge is 0.287 e. The van der Waals surface area contributed by atoms with Crippen molar-refractivity contribution in [2.24, 2.45) is 0 Å². The number of carbonyl (C=O) groups excluding carboxylic acids is 3. The van der Waals surface area contributed by atoms with Crippen LogP contribution in [0.5, 0.6) is 0 Å². The molecule has 0 radical (unpaired) electrons. The summed E-state index contributed by atoms with van der Waals surface area (Å²) in [5.41, 5.74) is 0.577. The fraction of sp³-hybridized carbons (Fsp3) is 0.409. The number of benzene rings is 1. The summed E-state index contributed by atoms with van der Waals surface area (Å²) in [6.45, 7) is 0.218. The van der Waals surface area contributed by atoms with E-state index in [2.05, 4.69) is 5.32 Å². The van der Waals surface area contributed by atoms with Gasteiger partial charge in [0.2, 0.25) is 5.91 Å². The minimum absolute atomic E-state index is 0.0416. The summed E-state index contributed by atoms with van der Waals surface area (Å²) in [5.74, 6) is -2.45. The van der Waals surface area contributed by atoms with Crippen molar-refractivity contribution < 1.29 is 32.0 Å². The topological polar surface area (TPSA) is 123 Å². The molecule has 2 amide bonds. The largest absolute Gasteiger partial charge is 0.459 e. The first-order chi connectivity index (χ1) is 15.3. The monoisotopic (exact) mass is 460 g/mol. The fourth-order valence-electron chi connectivity index (χ4n) is 4.19. The molecule has 0 saturated carbocycles. The molecule has 3 unspecified atom stereocenters. The maximum atomic E-state index is 13.4. The summed E-state index contributed by atoms with van der Waals surface area (Å²) in [4.78, 5) is 39.7. The van der Waals surface area contributed by atoms with Crippen molar-refractivity contribution in [3.05, 3.63) is 60.1 Å². The number of carbonyl (C=O) groups is 3. The van der Waals surface area contributed by atoms with Crippen molar-refractivity contribution in [3.63, 3.8) is 0 Å². The predicted molar refractivity (Wildman–Crippen MR) is 113 cm³/mol. The number of nitrogens with one attached hydrogen (secondary N) is 1. The Balaban J connectivity index is 1.57. The van der Waals surface area contributed by atoms with Crippen LogP contribution < -0.4 is 5.32 Å². The Bertz CT molecular complexity index is 1080. The third-order valence-corrected chi connectivity index (χ3v) is 7.24. The van der Waals surface area contributed by atoms with Crippen LogP contribution in [0.15, 0.2) is 53.1 Å². The Labute approximate surface area is 185 Å². The van der Waals surface area contributed by atoms with Crippen LogP contribution in [0.1, 0.15) is 29.0 Å². The lowest BCUT2D eigenvalue weighted by molar-refractivity contribution is -0.142. The Morgan fingerprint density at radius 2 is 1.94 bits per heavy atom. The fourth-order valence-corrected chi connectivity index (χ4v) is 5.74. The highest BCUT2D eigenvalue weighted by molar-refractivity contribution is 7.90. The van der Waals surface area contributed by atoms with Crippen LogP contribution in [0, 0.1) is 0 Å². The first-order valence-electron chi connectivity index (χ1n) is 10.4. The van der Waals surface area contributed by atoms with Gasteiger partial charge in [-0.25, -0.2) is 8.42 Å². The number of piperidine rings is 1. The molecule has 9 nitrogen and oxygen atoms in total.